The van der Waals surface area contributed by atoms with Gasteiger partial charge in [0.2, 0.25) is 5.09 Å². The van der Waals surface area contributed by atoms with E-state index in [-0.39, 0.29) is 17.7 Å². The first-order chi connectivity index (χ1) is 7.05. The molecule has 1 saturated carbocycles. The molecule has 0 saturated heterocycles. The molecule has 0 aromatic carbocycles. The molecule has 2 rings (SSSR count). The van der Waals surface area contributed by atoms with E-state index in [0.29, 0.717) is 5.76 Å². The van der Waals surface area contributed by atoms with Crippen molar-refractivity contribution >= 4 is 10.0 Å². The van der Waals surface area contributed by atoms with Crippen molar-refractivity contribution in [2.24, 2.45) is 5.73 Å². The monoisotopic (exact) mass is 230 g/mol. The molecule has 6 heteroatoms. The van der Waals surface area contributed by atoms with Crippen LogP contribution in [0.4, 0.5) is 0 Å². The highest BCUT2D eigenvalue weighted by molar-refractivity contribution is 7.89. The van der Waals surface area contributed by atoms with Crippen LogP contribution in [0.3, 0.4) is 0 Å². The van der Waals surface area contributed by atoms with E-state index < -0.39 is 10.0 Å². The minimum absolute atomic E-state index is 0.0163. The first-order valence-corrected chi connectivity index (χ1v) is 6.26. The summed E-state index contributed by atoms with van der Waals surface area (Å²) in [5, 5.41) is -0.0163. The van der Waals surface area contributed by atoms with E-state index in [9.17, 15) is 8.42 Å². The van der Waals surface area contributed by atoms with Crippen molar-refractivity contribution in [3.63, 3.8) is 0 Å². The fourth-order valence-corrected chi connectivity index (χ4v) is 2.72. The maximum atomic E-state index is 11.9. The molecule has 0 radical (unpaired) electrons. The van der Waals surface area contributed by atoms with Gasteiger partial charge in [-0.2, -0.15) is 4.31 Å². The molecule has 1 fully saturated rings. The summed E-state index contributed by atoms with van der Waals surface area (Å²) in [5.74, 6) is 0.484. The zero-order valence-electron chi connectivity index (χ0n) is 8.51. The van der Waals surface area contributed by atoms with Crippen molar-refractivity contribution in [3.05, 3.63) is 17.9 Å². The standard InChI is InChI=1S/C9H14N2O3S/c1-11(7-2-3-7)15(12,13)9-5-4-8(6-10)14-9/h4-5,7H,2-3,6,10H2,1H3. The average Bonchev–Trinajstić information content (AvgIpc) is 2.93. The lowest BCUT2D eigenvalue weighted by Gasteiger charge is -2.13. The highest BCUT2D eigenvalue weighted by Gasteiger charge is 2.36. The summed E-state index contributed by atoms with van der Waals surface area (Å²) >= 11 is 0. The number of nitrogens with two attached hydrogens (primary N) is 1. The largest absolute Gasteiger partial charge is 0.447 e. The van der Waals surface area contributed by atoms with Crippen LogP contribution in [0.15, 0.2) is 21.6 Å². The van der Waals surface area contributed by atoms with E-state index in [2.05, 4.69) is 0 Å². The Morgan fingerprint density at radius 2 is 2.20 bits per heavy atom. The summed E-state index contributed by atoms with van der Waals surface area (Å²) in [6.07, 6.45) is 1.86. The van der Waals surface area contributed by atoms with Crippen molar-refractivity contribution in [2.45, 2.75) is 30.5 Å². The highest BCUT2D eigenvalue weighted by Crippen LogP contribution is 2.30. The smallest absolute Gasteiger partial charge is 0.276 e. The Morgan fingerprint density at radius 1 is 1.53 bits per heavy atom. The van der Waals surface area contributed by atoms with Crippen LogP contribution in [0, 0.1) is 0 Å². The number of sulfonamides is 1. The molecule has 1 aromatic rings. The van der Waals surface area contributed by atoms with Gasteiger partial charge in [-0.1, -0.05) is 0 Å². The molecule has 0 atom stereocenters. The van der Waals surface area contributed by atoms with Gasteiger partial charge in [0.1, 0.15) is 5.76 Å². The van der Waals surface area contributed by atoms with E-state index in [1.54, 1.807) is 13.1 Å². The maximum Gasteiger partial charge on any atom is 0.276 e. The highest BCUT2D eigenvalue weighted by atomic mass is 32.2. The van der Waals surface area contributed by atoms with Crippen molar-refractivity contribution in [1.82, 2.24) is 4.31 Å². The van der Waals surface area contributed by atoms with Crippen LogP contribution < -0.4 is 5.73 Å². The Bertz CT molecular complexity index is 448. The lowest BCUT2D eigenvalue weighted by atomic mass is 10.5. The molecule has 2 N–H and O–H groups in total. The molecule has 5 nitrogen and oxygen atoms in total. The zero-order valence-corrected chi connectivity index (χ0v) is 9.33. The zero-order chi connectivity index (χ0) is 11.1. The molecule has 15 heavy (non-hydrogen) atoms. The van der Waals surface area contributed by atoms with Gasteiger partial charge in [-0.15, -0.1) is 0 Å². The normalized spacial score (nSPS) is 17.3. The Kier molecular flexibility index (Phi) is 2.57. The van der Waals surface area contributed by atoms with E-state index >= 15 is 0 Å². The van der Waals surface area contributed by atoms with Crippen molar-refractivity contribution < 1.29 is 12.8 Å². The second kappa shape index (κ2) is 3.62. The van der Waals surface area contributed by atoms with Crippen LogP contribution in [0.1, 0.15) is 18.6 Å². The van der Waals surface area contributed by atoms with Crippen LogP contribution >= 0.6 is 0 Å². The number of furan rings is 1. The van der Waals surface area contributed by atoms with Crippen LogP contribution in [-0.2, 0) is 16.6 Å². The second-order valence-electron chi connectivity index (χ2n) is 3.68. The first-order valence-electron chi connectivity index (χ1n) is 4.82. The summed E-state index contributed by atoms with van der Waals surface area (Å²) in [5.41, 5.74) is 5.35. The third-order valence-corrected chi connectivity index (χ3v) is 4.32. The van der Waals surface area contributed by atoms with Gasteiger partial charge in [0.15, 0.2) is 0 Å². The summed E-state index contributed by atoms with van der Waals surface area (Å²) in [7, 11) is -1.87. The molecular formula is C9H14N2O3S. The van der Waals surface area contributed by atoms with Gasteiger partial charge < -0.3 is 10.2 Å². The second-order valence-corrected chi connectivity index (χ2v) is 5.61. The molecule has 1 aromatic heterocycles. The van der Waals surface area contributed by atoms with Crippen molar-refractivity contribution in [3.8, 4) is 0 Å². The fourth-order valence-electron chi connectivity index (χ4n) is 1.38. The van der Waals surface area contributed by atoms with Gasteiger partial charge in [-0.25, -0.2) is 8.42 Å². The fraction of sp³-hybridized carbons (Fsp3) is 0.556. The average molecular weight is 230 g/mol. The molecule has 0 bridgehead atoms. The Balaban J connectivity index is 2.27. The number of hydrogen-bond donors (Lipinski definition) is 1. The Morgan fingerprint density at radius 3 is 2.67 bits per heavy atom. The SMILES string of the molecule is CN(C1CC1)S(=O)(=O)c1ccc(CN)o1. The molecule has 0 amide bonds. The van der Waals surface area contributed by atoms with Gasteiger partial charge in [0.25, 0.3) is 10.0 Å². The molecule has 0 aliphatic heterocycles. The van der Waals surface area contributed by atoms with Crippen LogP contribution in [0.2, 0.25) is 0 Å². The summed E-state index contributed by atoms with van der Waals surface area (Å²) in [4.78, 5) is 0. The van der Waals surface area contributed by atoms with E-state index in [1.807, 2.05) is 0 Å². The summed E-state index contributed by atoms with van der Waals surface area (Å²) in [6, 6.07) is 3.19. The minimum atomic E-state index is -3.45. The number of rotatable bonds is 4. The Labute approximate surface area is 88.9 Å². The molecular weight excluding hydrogens is 216 g/mol. The van der Waals surface area contributed by atoms with Gasteiger partial charge in [-0.3, -0.25) is 0 Å². The molecule has 0 spiro atoms. The van der Waals surface area contributed by atoms with E-state index in [1.165, 1.54) is 10.4 Å². The first kappa shape index (κ1) is 10.7. The van der Waals surface area contributed by atoms with Gasteiger partial charge >= 0.3 is 0 Å². The summed E-state index contributed by atoms with van der Waals surface area (Å²) in [6.45, 7) is 0.211. The topological polar surface area (TPSA) is 76.5 Å². The predicted molar refractivity (Wildman–Crippen MR) is 54.6 cm³/mol. The molecule has 1 aliphatic carbocycles. The van der Waals surface area contributed by atoms with E-state index in [4.69, 9.17) is 10.2 Å². The predicted octanol–water partition coefficient (Wildman–Crippen LogP) is 0.521. The lowest BCUT2D eigenvalue weighted by molar-refractivity contribution is 0.386. The molecule has 84 valence electrons. The quantitative estimate of drug-likeness (QED) is 0.818. The van der Waals surface area contributed by atoms with Gasteiger partial charge in [-0.05, 0) is 25.0 Å². The van der Waals surface area contributed by atoms with Crippen LogP contribution in [0.25, 0.3) is 0 Å². The number of nitrogens with zero attached hydrogens (tertiary/aromatic N) is 1. The van der Waals surface area contributed by atoms with Crippen LogP contribution in [-0.4, -0.2) is 25.8 Å². The van der Waals surface area contributed by atoms with Gasteiger partial charge in [0, 0.05) is 13.1 Å². The van der Waals surface area contributed by atoms with E-state index in [0.717, 1.165) is 12.8 Å². The molecule has 1 heterocycles. The number of hydrogen-bond acceptors (Lipinski definition) is 4. The maximum absolute atomic E-state index is 11.9. The molecule has 1 aliphatic rings. The lowest BCUT2D eigenvalue weighted by Crippen LogP contribution is -2.28. The third-order valence-electron chi connectivity index (χ3n) is 2.53. The van der Waals surface area contributed by atoms with Crippen LogP contribution in [0.5, 0.6) is 0 Å². The van der Waals surface area contributed by atoms with Crippen molar-refractivity contribution in [1.29, 1.82) is 0 Å². The third kappa shape index (κ3) is 1.92. The van der Waals surface area contributed by atoms with Gasteiger partial charge in [0.05, 0.1) is 6.54 Å². The minimum Gasteiger partial charge on any atom is -0.447 e. The molecule has 0 unspecified atom stereocenters. The Hall–Kier alpha value is -0.850. The van der Waals surface area contributed by atoms with Crippen molar-refractivity contribution in [2.75, 3.05) is 7.05 Å². The summed E-state index contributed by atoms with van der Waals surface area (Å²) < 4.78 is 30.4.